The number of non-ortho nitro benzene ring substituents is 1. The fraction of sp³-hybridized carbons (Fsp3) is 0.300. The fourth-order valence-electron chi connectivity index (χ4n) is 1.19. The van der Waals surface area contributed by atoms with Crippen LogP contribution in [0, 0.1) is 15.9 Å². The second-order valence-electron chi connectivity index (χ2n) is 3.28. The summed E-state index contributed by atoms with van der Waals surface area (Å²) >= 11 is 0. The molecule has 0 heterocycles. The van der Waals surface area contributed by atoms with Crippen molar-refractivity contribution in [1.29, 1.82) is 0 Å². The molecule has 0 saturated heterocycles. The van der Waals surface area contributed by atoms with Crippen molar-refractivity contribution in [2.45, 2.75) is 6.42 Å². The maximum absolute atomic E-state index is 13.3. The van der Waals surface area contributed by atoms with Crippen molar-refractivity contribution in [3.63, 3.8) is 0 Å². The highest BCUT2D eigenvalue weighted by molar-refractivity contribution is 5.77. The maximum atomic E-state index is 13.3. The van der Waals surface area contributed by atoms with E-state index in [2.05, 4.69) is 4.84 Å². The van der Waals surface area contributed by atoms with Crippen molar-refractivity contribution in [3.05, 3.63) is 39.7 Å². The lowest BCUT2D eigenvalue weighted by molar-refractivity contribution is -0.385. The summed E-state index contributed by atoms with van der Waals surface area (Å²) in [5.41, 5.74) is -0.289. The first-order chi connectivity index (χ1) is 7.95. The van der Waals surface area contributed by atoms with Crippen LogP contribution in [-0.2, 0) is 16.1 Å². The van der Waals surface area contributed by atoms with Gasteiger partial charge in [0.05, 0.1) is 18.5 Å². The van der Waals surface area contributed by atoms with Crippen LogP contribution in [0.3, 0.4) is 0 Å². The van der Waals surface area contributed by atoms with E-state index < -0.39 is 16.6 Å². The molecule has 0 aliphatic heterocycles. The lowest BCUT2D eigenvalue weighted by atomic mass is 10.1. The number of nitro benzene ring substituents is 1. The van der Waals surface area contributed by atoms with Gasteiger partial charge >= 0.3 is 0 Å². The van der Waals surface area contributed by atoms with Gasteiger partial charge in [0, 0.05) is 24.7 Å². The molecule has 0 spiro atoms. The Morgan fingerprint density at radius 2 is 2.24 bits per heavy atom. The van der Waals surface area contributed by atoms with Crippen molar-refractivity contribution >= 4 is 11.6 Å². The number of hydroxylamine groups is 2. The van der Waals surface area contributed by atoms with Crippen molar-refractivity contribution < 1.29 is 18.9 Å². The Labute approximate surface area is 96.7 Å². The Hall–Kier alpha value is -2.02. The number of carbonyl (C=O) groups is 1. The van der Waals surface area contributed by atoms with Gasteiger partial charge in [-0.25, -0.2) is 9.45 Å². The molecular weight excluding hydrogens is 231 g/mol. The van der Waals surface area contributed by atoms with Gasteiger partial charge in [-0.2, -0.15) is 0 Å². The quantitative estimate of drug-likeness (QED) is 0.589. The third-order valence-electron chi connectivity index (χ3n) is 2.21. The number of nitrogens with zero attached hydrogens (tertiary/aromatic N) is 2. The third kappa shape index (κ3) is 3.22. The third-order valence-corrected chi connectivity index (χ3v) is 2.21. The highest BCUT2D eigenvalue weighted by Gasteiger charge is 2.16. The molecule has 0 aliphatic carbocycles. The van der Waals surface area contributed by atoms with Crippen LogP contribution in [0.4, 0.5) is 10.1 Å². The van der Waals surface area contributed by atoms with Crippen LogP contribution in [0.5, 0.6) is 0 Å². The highest BCUT2D eigenvalue weighted by atomic mass is 19.1. The molecule has 92 valence electrons. The first kappa shape index (κ1) is 13.0. The van der Waals surface area contributed by atoms with E-state index in [1.165, 1.54) is 14.2 Å². The predicted octanol–water partition coefficient (Wildman–Crippen LogP) is 1.30. The van der Waals surface area contributed by atoms with Crippen LogP contribution in [0.2, 0.25) is 0 Å². The van der Waals surface area contributed by atoms with E-state index in [0.29, 0.717) is 0 Å². The van der Waals surface area contributed by atoms with Gasteiger partial charge in [-0.3, -0.25) is 19.7 Å². The molecule has 0 aromatic heterocycles. The Kier molecular flexibility index (Phi) is 4.11. The Morgan fingerprint density at radius 3 is 2.76 bits per heavy atom. The number of carbonyl (C=O) groups excluding carboxylic acids is 1. The Morgan fingerprint density at radius 1 is 1.59 bits per heavy atom. The van der Waals surface area contributed by atoms with E-state index >= 15 is 0 Å². The number of halogens is 1. The topological polar surface area (TPSA) is 72.7 Å². The molecule has 1 rings (SSSR count). The molecule has 17 heavy (non-hydrogen) atoms. The van der Waals surface area contributed by atoms with Crippen molar-refractivity contribution in [1.82, 2.24) is 5.06 Å². The molecule has 6 nitrogen and oxygen atoms in total. The number of hydrogen-bond donors (Lipinski definition) is 0. The van der Waals surface area contributed by atoms with E-state index in [9.17, 15) is 19.3 Å². The van der Waals surface area contributed by atoms with E-state index in [1.807, 2.05) is 0 Å². The summed E-state index contributed by atoms with van der Waals surface area (Å²) in [5, 5.41) is 11.4. The second-order valence-corrected chi connectivity index (χ2v) is 3.28. The van der Waals surface area contributed by atoms with Crippen molar-refractivity contribution in [2.75, 3.05) is 14.2 Å². The Balaban J connectivity index is 2.94. The summed E-state index contributed by atoms with van der Waals surface area (Å²) in [5.74, 6) is -1.15. The minimum absolute atomic E-state index is 0.0342. The molecule has 1 amide bonds. The fourth-order valence-corrected chi connectivity index (χ4v) is 1.19. The van der Waals surface area contributed by atoms with Gasteiger partial charge in [-0.1, -0.05) is 0 Å². The molecule has 0 saturated carbocycles. The minimum Gasteiger partial charge on any atom is -0.275 e. The lowest BCUT2D eigenvalue weighted by Crippen LogP contribution is -2.27. The smallest absolute Gasteiger partial charge is 0.269 e. The van der Waals surface area contributed by atoms with E-state index in [4.69, 9.17) is 0 Å². The zero-order chi connectivity index (χ0) is 13.0. The molecule has 0 unspecified atom stereocenters. The van der Waals surface area contributed by atoms with Gasteiger partial charge in [-0.15, -0.1) is 0 Å². The molecule has 0 aliphatic rings. The molecular formula is C10H11FN2O4. The van der Waals surface area contributed by atoms with Gasteiger partial charge in [0.25, 0.3) is 5.69 Å². The molecule has 1 aromatic rings. The SMILES string of the molecule is CON(C)C(=O)Cc1cc([N+](=O)[O-])ccc1F. The van der Waals surface area contributed by atoms with E-state index in [1.54, 1.807) is 0 Å². The highest BCUT2D eigenvalue weighted by Crippen LogP contribution is 2.17. The molecule has 0 atom stereocenters. The molecule has 7 heteroatoms. The van der Waals surface area contributed by atoms with Gasteiger partial charge in [0.1, 0.15) is 5.82 Å². The van der Waals surface area contributed by atoms with Crippen LogP contribution < -0.4 is 0 Å². The monoisotopic (exact) mass is 242 g/mol. The number of likely N-dealkylation sites (N-methyl/N-ethyl adjacent to an activating group) is 1. The summed E-state index contributed by atoms with van der Waals surface area (Å²) in [4.78, 5) is 25.9. The Bertz CT molecular complexity index is 450. The van der Waals surface area contributed by atoms with Crippen LogP contribution in [-0.4, -0.2) is 30.1 Å². The first-order valence-electron chi connectivity index (χ1n) is 4.69. The number of nitro groups is 1. The van der Waals surface area contributed by atoms with Crippen LogP contribution >= 0.6 is 0 Å². The standard InChI is InChI=1S/C10H11FN2O4/c1-12(17-2)10(14)6-7-5-8(13(15)16)3-4-9(7)11/h3-5H,6H2,1-2H3. The summed E-state index contributed by atoms with van der Waals surface area (Å²) in [6.07, 6.45) is -0.294. The van der Waals surface area contributed by atoms with Gasteiger partial charge in [0.2, 0.25) is 5.91 Å². The van der Waals surface area contributed by atoms with Crippen LogP contribution in [0.25, 0.3) is 0 Å². The zero-order valence-electron chi connectivity index (χ0n) is 9.34. The average Bonchev–Trinajstić information content (AvgIpc) is 2.30. The predicted molar refractivity (Wildman–Crippen MR) is 56.5 cm³/mol. The molecule has 0 bridgehead atoms. The summed E-state index contributed by atoms with van der Waals surface area (Å²) in [6.45, 7) is 0. The van der Waals surface area contributed by atoms with E-state index in [0.717, 1.165) is 23.3 Å². The second kappa shape index (κ2) is 5.35. The number of hydrogen-bond acceptors (Lipinski definition) is 4. The van der Waals surface area contributed by atoms with Crippen LogP contribution in [0.15, 0.2) is 18.2 Å². The largest absolute Gasteiger partial charge is 0.275 e. The molecule has 1 aromatic carbocycles. The molecule has 0 N–H and O–H groups in total. The minimum atomic E-state index is -0.659. The van der Waals surface area contributed by atoms with E-state index in [-0.39, 0.29) is 17.7 Å². The zero-order valence-corrected chi connectivity index (χ0v) is 9.34. The normalized spacial score (nSPS) is 10.1. The van der Waals surface area contributed by atoms with Gasteiger partial charge in [-0.05, 0) is 6.07 Å². The first-order valence-corrected chi connectivity index (χ1v) is 4.69. The summed E-state index contributed by atoms with van der Waals surface area (Å²) in [7, 11) is 2.67. The maximum Gasteiger partial charge on any atom is 0.269 e. The van der Waals surface area contributed by atoms with Gasteiger partial charge < -0.3 is 0 Å². The number of amides is 1. The average molecular weight is 242 g/mol. The van der Waals surface area contributed by atoms with Crippen molar-refractivity contribution in [2.24, 2.45) is 0 Å². The summed E-state index contributed by atoms with van der Waals surface area (Å²) < 4.78 is 13.3. The number of rotatable bonds is 4. The van der Waals surface area contributed by atoms with Crippen LogP contribution in [0.1, 0.15) is 5.56 Å². The lowest BCUT2D eigenvalue weighted by Gasteiger charge is -2.13. The van der Waals surface area contributed by atoms with Crippen molar-refractivity contribution in [3.8, 4) is 0 Å². The molecule has 0 radical (unpaired) electrons. The molecule has 0 fully saturated rings. The summed E-state index contributed by atoms with van der Waals surface area (Å²) in [6, 6.07) is 3.05. The van der Waals surface area contributed by atoms with Gasteiger partial charge in [0.15, 0.2) is 0 Å². The number of benzene rings is 1.